The summed E-state index contributed by atoms with van der Waals surface area (Å²) in [6.45, 7) is 0.389. The molecule has 11 heteroatoms. The lowest BCUT2D eigenvalue weighted by molar-refractivity contribution is 0.178. The molecule has 114 valence electrons. The van der Waals surface area contributed by atoms with Crippen molar-refractivity contribution in [2.24, 2.45) is 0 Å². The number of thiol groups is 1. The molecule has 0 saturated carbocycles. The van der Waals surface area contributed by atoms with Crippen LogP contribution in [-0.2, 0) is 9.13 Å². The van der Waals surface area contributed by atoms with E-state index in [-0.39, 0.29) is 18.2 Å². The van der Waals surface area contributed by atoms with E-state index < -0.39 is 26.1 Å². The van der Waals surface area contributed by atoms with Crippen LogP contribution in [0, 0.1) is 0 Å². The first-order valence-corrected chi connectivity index (χ1v) is 9.45. The molecule has 19 heavy (non-hydrogen) atoms. The van der Waals surface area contributed by atoms with Crippen LogP contribution < -0.4 is 5.32 Å². The first-order chi connectivity index (χ1) is 8.47. The molecule has 5 N–H and O–H groups in total. The summed E-state index contributed by atoms with van der Waals surface area (Å²) in [5.41, 5.74) is 0. The summed E-state index contributed by atoms with van der Waals surface area (Å²) in [6, 6.07) is -1.43. The van der Waals surface area contributed by atoms with Gasteiger partial charge in [-0.05, 0) is 20.5 Å². The zero-order chi connectivity index (χ0) is 15.1. The number of hydrogen-bond acceptors (Lipinski definition) is 5. The fourth-order valence-electron chi connectivity index (χ4n) is 2.39. The highest BCUT2D eigenvalue weighted by atomic mass is 32.1. The van der Waals surface area contributed by atoms with Crippen LogP contribution in [0.15, 0.2) is 0 Å². The minimum Gasteiger partial charge on any atom is -0.324 e. The first kappa shape index (κ1) is 17.6. The first-order valence-electron chi connectivity index (χ1n) is 5.59. The van der Waals surface area contributed by atoms with Crippen LogP contribution in [-0.4, -0.2) is 67.8 Å². The largest absolute Gasteiger partial charge is 0.345 e. The van der Waals surface area contributed by atoms with Crippen LogP contribution in [0.4, 0.5) is 0 Å². The molecule has 2 unspecified atom stereocenters. The van der Waals surface area contributed by atoms with Gasteiger partial charge in [0, 0.05) is 24.4 Å². The topological polar surface area (TPSA) is 130 Å². The normalized spacial score (nSPS) is 28.6. The Balaban J connectivity index is 3.38. The maximum Gasteiger partial charge on any atom is 0.345 e. The molecule has 0 spiro atoms. The molecule has 2 atom stereocenters. The van der Waals surface area contributed by atoms with Crippen molar-refractivity contribution in [3.63, 3.8) is 0 Å². The van der Waals surface area contributed by atoms with Crippen molar-refractivity contribution >= 4 is 27.8 Å². The van der Waals surface area contributed by atoms with E-state index in [9.17, 15) is 28.7 Å². The summed E-state index contributed by atoms with van der Waals surface area (Å²) < 4.78 is 23.6. The van der Waals surface area contributed by atoms with Gasteiger partial charge in [0.2, 0.25) is 0 Å². The van der Waals surface area contributed by atoms with Gasteiger partial charge in [-0.15, -0.1) is 0 Å². The predicted molar refractivity (Wildman–Crippen MR) is 74.6 cm³/mol. The summed E-state index contributed by atoms with van der Waals surface area (Å²) in [5, 5.41) is 2.80. The van der Waals surface area contributed by atoms with E-state index in [0.717, 1.165) is 0 Å². The molecule has 1 aliphatic rings. The van der Waals surface area contributed by atoms with Gasteiger partial charge in [-0.1, -0.05) is 0 Å². The second-order valence-corrected chi connectivity index (χ2v) is 9.42. The zero-order valence-electron chi connectivity index (χ0n) is 10.7. The van der Waals surface area contributed by atoms with Gasteiger partial charge in [-0.25, -0.2) is 0 Å². The molecule has 0 aromatic carbocycles. The summed E-state index contributed by atoms with van der Waals surface area (Å²) in [5.74, 6) is -0.0730. The average Bonchev–Trinajstić information content (AvgIpc) is 2.24. The number of nitrogens with one attached hydrogen (secondary N) is 1. The van der Waals surface area contributed by atoms with Gasteiger partial charge in [-0.2, -0.15) is 12.6 Å². The molecule has 1 heterocycles. The molecule has 0 amide bonds. The van der Waals surface area contributed by atoms with Crippen molar-refractivity contribution < 1.29 is 28.7 Å². The Kier molecular flexibility index (Phi) is 5.33. The van der Waals surface area contributed by atoms with Crippen molar-refractivity contribution in [3.05, 3.63) is 0 Å². The van der Waals surface area contributed by atoms with Gasteiger partial charge in [-0.3, -0.25) is 9.13 Å². The molecular formula is C8H20N2O6P2S. The second-order valence-electron chi connectivity index (χ2n) is 4.93. The molecule has 1 saturated heterocycles. The lowest BCUT2D eigenvalue weighted by Gasteiger charge is -2.47. The van der Waals surface area contributed by atoms with Gasteiger partial charge in [0.1, 0.15) is 0 Å². The van der Waals surface area contributed by atoms with Crippen molar-refractivity contribution in [1.29, 1.82) is 0 Å². The Labute approximate surface area is 117 Å². The second kappa shape index (κ2) is 5.75. The molecule has 8 nitrogen and oxygen atoms in total. The Morgan fingerprint density at radius 3 is 2.05 bits per heavy atom. The Morgan fingerprint density at radius 2 is 1.74 bits per heavy atom. The summed E-state index contributed by atoms with van der Waals surface area (Å²) in [6.07, 6.45) is -0.285. The van der Waals surface area contributed by atoms with Crippen LogP contribution in [0.1, 0.15) is 6.42 Å². The smallest absolute Gasteiger partial charge is 0.324 e. The third kappa shape index (κ3) is 3.10. The number of hydrogen-bond donors (Lipinski definition) is 6. The van der Waals surface area contributed by atoms with E-state index in [2.05, 4.69) is 17.9 Å². The lowest BCUT2D eigenvalue weighted by Crippen LogP contribution is -2.62. The van der Waals surface area contributed by atoms with E-state index in [1.165, 1.54) is 0 Å². The van der Waals surface area contributed by atoms with Crippen molar-refractivity contribution in [3.8, 4) is 0 Å². The minimum absolute atomic E-state index is 0.0730. The van der Waals surface area contributed by atoms with Crippen molar-refractivity contribution in [1.82, 2.24) is 10.2 Å². The molecule has 0 bridgehead atoms. The van der Waals surface area contributed by atoms with Crippen LogP contribution in [0.3, 0.4) is 0 Å². The molecule has 0 aliphatic carbocycles. The molecule has 1 rings (SSSR count). The van der Waals surface area contributed by atoms with E-state index in [4.69, 9.17) is 0 Å². The fourth-order valence-corrected chi connectivity index (χ4v) is 6.55. The van der Waals surface area contributed by atoms with Crippen LogP contribution in [0.2, 0.25) is 0 Å². The average molecular weight is 334 g/mol. The SMILES string of the molecule is CN(C)C1CNC(CS)C(P(=O)(O)O)(P(=O)(O)O)C1. The third-order valence-electron chi connectivity index (χ3n) is 3.62. The number of nitrogens with zero attached hydrogens (tertiary/aromatic N) is 1. The number of piperidine rings is 1. The summed E-state index contributed by atoms with van der Waals surface area (Å²) in [4.78, 5) is 37.5. The Hall–Kier alpha value is 0.570. The minimum atomic E-state index is -5.04. The molecule has 0 aromatic rings. The zero-order valence-corrected chi connectivity index (χ0v) is 13.4. The maximum atomic E-state index is 11.8. The quantitative estimate of drug-likeness (QED) is 0.293. The standard InChI is InChI=1S/C8H20N2O6P2S/c1-10(2)6-3-8(17(11,12)13,18(14,15)16)7(5-19)9-4-6/h6-7,9,19H,3-5H2,1-2H3,(H2,11,12,13)(H2,14,15,16). The van der Waals surface area contributed by atoms with Gasteiger partial charge in [0.25, 0.3) is 0 Å². The van der Waals surface area contributed by atoms with Crippen LogP contribution >= 0.6 is 27.8 Å². The molecule has 0 aromatic heterocycles. The van der Waals surface area contributed by atoms with Gasteiger partial charge < -0.3 is 29.8 Å². The summed E-state index contributed by atoms with van der Waals surface area (Å²) in [7, 11) is -6.71. The predicted octanol–water partition coefficient (Wildman–Crippen LogP) is -0.740. The van der Waals surface area contributed by atoms with E-state index >= 15 is 0 Å². The van der Waals surface area contributed by atoms with E-state index in [1.54, 1.807) is 19.0 Å². The highest BCUT2D eigenvalue weighted by Crippen LogP contribution is 2.73. The highest BCUT2D eigenvalue weighted by Gasteiger charge is 2.66. The molecule has 0 radical (unpaired) electrons. The van der Waals surface area contributed by atoms with Gasteiger partial charge in [0.05, 0.1) is 0 Å². The number of rotatable bonds is 4. The molecule has 1 aliphatic heterocycles. The Morgan fingerprint density at radius 1 is 1.26 bits per heavy atom. The van der Waals surface area contributed by atoms with Gasteiger partial charge >= 0.3 is 15.2 Å². The van der Waals surface area contributed by atoms with Crippen LogP contribution in [0.5, 0.6) is 0 Å². The lowest BCUT2D eigenvalue weighted by atomic mass is 9.99. The van der Waals surface area contributed by atoms with Crippen LogP contribution in [0.25, 0.3) is 0 Å². The third-order valence-corrected chi connectivity index (χ3v) is 8.55. The maximum absolute atomic E-state index is 11.8. The number of likely N-dealkylation sites (N-methyl/N-ethyl adjacent to an activating group) is 1. The molecular weight excluding hydrogens is 314 g/mol. The Bertz CT molecular complexity index is 399. The molecule has 1 fully saturated rings. The van der Waals surface area contributed by atoms with E-state index in [0.29, 0.717) is 6.54 Å². The fraction of sp³-hybridized carbons (Fsp3) is 1.00. The monoisotopic (exact) mass is 334 g/mol. The van der Waals surface area contributed by atoms with E-state index in [1.807, 2.05) is 0 Å². The van der Waals surface area contributed by atoms with Crippen molar-refractivity contribution in [2.45, 2.75) is 23.4 Å². The van der Waals surface area contributed by atoms with Crippen molar-refractivity contribution in [2.75, 3.05) is 26.4 Å². The summed E-state index contributed by atoms with van der Waals surface area (Å²) >= 11 is 3.96. The highest BCUT2D eigenvalue weighted by molar-refractivity contribution is 7.80. The van der Waals surface area contributed by atoms with Gasteiger partial charge in [0.15, 0.2) is 4.90 Å².